The van der Waals surface area contributed by atoms with Crippen molar-refractivity contribution < 1.29 is 9.84 Å². The van der Waals surface area contributed by atoms with Crippen molar-refractivity contribution in [2.45, 2.75) is 51.7 Å². The summed E-state index contributed by atoms with van der Waals surface area (Å²) >= 11 is 12.3. The highest BCUT2D eigenvalue weighted by Crippen LogP contribution is 2.38. The minimum atomic E-state index is -0.553. The van der Waals surface area contributed by atoms with Crippen LogP contribution in [0, 0.1) is 0 Å². The predicted molar refractivity (Wildman–Crippen MR) is 84.9 cm³/mol. The molecule has 5 heteroatoms. The Morgan fingerprint density at radius 2 is 1.95 bits per heavy atom. The number of aliphatic hydroxyl groups excluding tert-OH is 1. The lowest BCUT2D eigenvalue weighted by atomic mass is 9.91. The van der Waals surface area contributed by atoms with Crippen LogP contribution >= 0.6 is 23.2 Å². The van der Waals surface area contributed by atoms with Gasteiger partial charge < -0.3 is 15.6 Å². The number of halogens is 2. The monoisotopic (exact) mass is 319 g/mol. The molecule has 3 atom stereocenters. The number of ether oxygens (including phenoxy) is 1. The molecule has 1 aromatic carbocycles. The van der Waals surface area contributed by atoms with Crippen LogP contribution in [0.2, 0.25) is 10.0 Å². The molecule has 0 radical (unpaired) electrons. The Labute approximate surface area is 131 Å². The van der Waals surface area contributed by atoms with Gasteiger partial charge in [-0.25, -0.2) is 0 Å². The number of rotatable bonds is 7. The largest absolute Gasteiger partial charge is 0.492 e. The van der Waals surface area contributed by atoms with Crippen LogP contribution in [-0.2, 0) is 0 Å². The van der Waals surface area contributed by atoms with E-state index in [2.05, 4.69) is 0 Å². The highest BCUT2D eigenvalue weighted by molar-refractivity contribution is 6.35. The van der Waals surface area contributed by atoms with Gasteiger partial charge in [0.05, 0.1) is 17.7 Å². The molecule has 1 rings (SSSR count). The fraction of sp³-hybridized carbons (Fsp3) is 0.600. The maximum absolute atomic E-state index is 10.1. The molecule has 3 N–H and O–H groups in total. The van der Waals surface area contributed by atoms with Crippen LogP contribution in [0.15, 0.2) is 12.1 Å². The average Bonchev–Trinajstić information content (AvgIpc) is 2.40. The Kier molecular flexibility index (Phi) is 7.10. The third-order valence-corrected chi connectivity index (χ3v) is 3.92. The number of benzene rings is 1. The van der Waals surface area contributed by atoms with Gasteiger partial charge in [-0.1, -0.05) is 37.0 Å². The lowest BCUT2D eigenvalue weighted by Gasteiger charge is -2.23. The molecule has 0 heterocycles. The quantitative estimate of drug-likeness (QED) is 0.799. The van der Waals surface area contributed by atoms with Crippen molar-refractivity contribution in [2.75, 3.05) is 6.61 Å². The molecule has 114 valence electrons. The number of hydrogen-bond acceptors (Lipinski definition) is 3. The summed E-state index contributed by atoms with van der Waals surface area (Å²) in [6.45, 7) is 6.40. The molecule has 1 aromatic rings. The first-order chi connectivity index (χ1) is 9.40. The van der Waals surface area contributed by atoms with E-state index in [9.17, 15) is 5.11 Å². The average molecular weight is 320 g/mol. The van der Waals surface area contributed by atoms with Crippen LogP contribution < -0.4 is 10.5 Å². The maximum atomic E-state index is 10.1. The van der Waals surface area contributed by atoms with E-state index in [0.717, 1.165) is 12.0 Å². The van der Waals surface area contributed by atoms with Gasteiger partial charge in [-0.15, -0.1) is 0 Å². The van der Waals surface area contributed by atoms with Gasteiger partial charge >= 0.3 is 0 Å². The molecule has 0 aliphatic rings. The normalized spacial score (nSPS) is 15.8. The summed E-state index contributed by atoms with van der Waals surface area (Å²) in [4.78, 5) is 0. The molecule has 20 heavy (non-hydrogen) atoms. The predicted octanol–water partition coefficient (Wildman–Crippen LogP) is 3.98. The summed E-state index contributed by atoms with van der Waals surface area (Å²) in [5.41, 5.74) is 6.77. The molecular formula is C15H23Cl2NO2. The fourth-order valence-electron chi connectivity index (χ4n) is 2.18. The van der Waals surface area contributed by atoms with E-state index in [-0.39, 0.29) is 12.0 Å². The molecule has 0 spiro atoms. The van der Waals surface area contributed by atoms with Crippen LogP contribution in [0.1, 0.15) is 45.1 Å². The molecule has 0 fully saturated rings. The molecule has 3 unspecified atom stereocenters. The molecule has 0 amide bonds. The van der Waals surface area contributed by atoms with E-state index in [0.29, 0.717) is 28.8 Å². The number of aliphatic hydroxyl groups is 1. The molecule has 0 saturated carbocycles. The second-order valence-electron chi connectivity index (χ2n) is 5.02. The van der Waals surface area contributed by atoms with Crippen LogP contribution in [0.3, 0.4) is 0 Å². The van der Waals surface area contributed by atoms with Gasteiger partial charge in [-0.3, -0.25) is 0 Å². The fourth-order valence-corrected chi connectivity index (χ4v) is 2.74. The molecule has 0 saturated heterocycles. The number of hydrogen-bond donors (Lipinski definition) is 2. The van der Waals surface area contributed by atoms with Gasteiger partial charge in [0.2, 0.25) is 0 Å². The van der Waals surface area contributed by atoms with Crippen LogP contribution in [0.4, 0.5) is 0 Å². The van der Waals surface area contributed by atoms with E-state index < -0.39 is 6.10 Å². The van der Waals surface area contributed by atoms with Crippen LogP contribution in [0.5, 0.6) is 5.75 Å². The van der Waals surface area contributed by atoms with Gasteiger partial charge in [0.15, 0.2) is 0 Å². The Hall–Kier alpha value is -0.480. The smallest absolute Gasteiger partial charge is 0.141 e. The first-order valence-corrected chi connectivity index (χ1v) is 7.71. The minimum absolute atomic E-state index is 0.0559. The van der Waals surface area contributed by atoms with Crippen molar-refractivity contribution in [1.82, 2.24) is 0 Å². The van der Waals surface area contributed by atoms with Crippen molar-refractivity contribution in [3.63, 3.8) is 0 Å². The van der Waals surface area contributed by atoms with Gasteiger partial charge in [-0.05, 0) is 37.8 Å². The third-order valence-electron chi connectivity index (χ3n) is 3.42. The highest BCUT2D eigenvalue weighted by Gasteiger charge is 2.21. The Morgan fingerprint density at radius 1 is 1.30 bits per heavy atom. The van der Waals surface area contributed by atoms with E-state index in [4.69, 9.17) is 33.7 Å². The molecule has 0 aliphatic heterocycles. The first-order valence-electron chi connectivity index (χ1n) is 6.96. The van der Waals surface area contributed by atoms with E-state index in [1.165, 1.54) is 0 Å². The molecule has 0 aliphatic carbocycles. The molecular weight excluding hydrogens is 297 g/mol. The van der Waals surface area contributed by atoms with Gasteiger partial charge in [0, 0.05) is 16.6 Å². The van der Waals surface area contributed by atoms with E-state index in [1.54, 1.807) is 6.07 Å². The topological polar surface area (TPSA) is 55.5 Å². The number of nitrogens with two attached hydrogens (primary N) is 1. The van der Waals surface area contributed by atoms with Gasteiger partial charge in [0.1, 0.15) is 5.75 Å². The molecule has 3 nitrogen and oxygen atoms in total. The Balaban J connectivity index is 2.99. The van der Waals surface area contributed by atoms with Crippen molar-refractivity contribution in [3.8, 4) is 5.75 Å². The lowest BCUT2D eigenvalue weighted by Crippen LogP contribution is -2.34. The van der Waals surface area contributed by atoms with Crippen LogP contribution in [0.25, 0.3) is 0 Å². The summed E-state index contributed by atoms with van der Waals surface area (Å²) < 4.78 is 5.61. The summed E-state index contributed by atoms with van der Waals surface area (Å²) in [5, 5.41) is 11.1. The van der Waals surface area contributed by atoms with E-state index >= 15 is 0 Å². The van der Waals surface area contributed by atoms with Crippen LogP contribution in [-0.4, -0.2) is 23.9 Å². The minimum Gasteiger partial charge on any atom is -0.492 e. The van der Waals surface area contributed by atoms with Crippen molar-refractivity contribution in [3.05, 3.63) is 27.7 Å². The zero-order valence-corrected chi connectivity index (χ0v) is 13.7. The Morgan fingerprint density at radius 3 is 2.50 bits per heavy atom. The van der Waals surface area contributed by atoms with E-state index in [1.807, 2.05) is 26.8 Å². The Bertz CT molecular complexity index is 440. The zero-order valence-electron chi connectivity index (χ0n) is 12.2. The summed E-state index contributed by atoms with van der Waals surface area (Å²) in [6.07, 6.45) is 0.732. The molecule has 0 bridgehead atoms. The second kappa shape index (κ2) is 8.08. The lowest BCUT2D eigenvalue weighted by molar-refractivity contribution is 0.126. The maximum Gasteiger partial charge on any atom is 0.141 e. The van der Waals surface area contributed by atoms with Crippen molar-refractivity contribution in [2.24, 2.45) is 5.73 Å². The van der Waals surface area contributed by atoms with Crippen molar-refractivity contribution in [1.29, 1.82) is 0 Å². The SMILES string of the molecule is CCOc1c(Cl)cc(Cl)cc1C(C)CC(O)C(N)CC. The van der Waals surface area contributed by atoms with Gasteiger partial charge in [-0.2, -0.15) is 0 Å². The molecule has 0 aromatic heterocycles. The van der Waals surface area contributed by atoms with Gasteiger partial charge in [0.25, 0.3) is 0 Å². The standard InChI is InChI=1S/C15H23Cl2NO2/c1-4-13(18)14(19)6-9(3)11-7-10(16)8-12(17)15(11)20-5-2/h7-9,13-14,19H,4-6,18H2,1-3H3. The summed E-state index contributed by atoms with van der Waals surface area (Å²) in [5.74, 6) is 0.698. The third kappa shape index (κ3) is 4.52. The summed E-state index contributed by atoms with van der Waals surface area (Å²) in [7, 11) is 0. The highest BCUT2D eigenvalue weighted by atomic mass is 35.5. The van der Waals surface area contributed by atoms with Crippen molar-refractivity contribution >= 4 is 23.2 Å². The first kappa shape index (κ1) is 17.6. The summed E-state index contributed by atoms with van der Waals surface area (Å²) in [6, 6.07) is 3.29. The second-order valence-corrected chi connectivity index (χ2v) is 5.86. The zero-order chi connectivity index (χ0) is 15.3.